The number of hydrogen-bond donors (Lipinski definition) is 6. The SMILES string of the molecule is CCC(C)C(N)C(=O)NC(Cc1ccccc1)C(=O)NC(CC(C)C)C(=O)NC(CCC(N)=O)C(=O)O. The van der Waals surface area contributed by atoms with E-state index < -0.39 is 53.8 Å². The molecule has 1 aromatic carbocycles. The Morgan fingerprint density at radius 3 is 1.92 bits per heavy atom. The van der Waals surface area contributed by atoms with Crippen LogP contribution in [0.1, 0.15) is 58.9 Å². The van der Waals surface area contributed by atoms with Crippen LogP contribution in [-0.2, 0) is 30.4 Å². The molecule has 37 heavy (non-hydrogen) atoms. The summed E-state index contributed by atoms with van der Waals surface area (Å²) in [5.74, 6) is -3.93. The van der Waals surface area contributed by atoms with Crippen LogP contribution in [0.3, 0.4) is 0 Å². The number of carbonyl (C=O) groups is 5. The lowest BCUT2D eigenvalue weighted by molar-refractivity contribution is -0.142. The summed E-state index contributed by atoms with van der Waals surface area (Å²) >= 11 is 0. The van der Waals surface area contributed by atoms with Crippen molar-refractivity contribution in [2.24, 2.45) is 23.3 Å². The summed E-state index contributed by atoms with van der Waals surface area (Å²) in [4.78, 5) is 61.8. The molecule has 8 N–H and O–H groups in total. The van der Waals surface area contributed by atoms with Gasteiger partial charge in [-0.1, -0.05) is 64.4 Å². The number of primary amides is 1. The number of nitrogens with one attached hydrogen (secondary N) is 3. The number of nitrogens with two attached hydrogens (primary N) is 2. The number of benzene rings is 1. The Bertz CT molecular complexity index is 923. The van der Waals surface area contributed by atoms with Crippen molar-refractivity contribution in [3.63, 3.8) is 0 Å². The molecule has 11 nitrogen and oxygen atoms in total. The van der Waals surface area contributed by atoms with E-state index in [0.29, 0.717) is 6.42 Å². The molecule has 0 radical (unpaired) electrons. The van der Waals surface area contributed by atoms with E-state index in [1.54, 1.807) is 0 Å². The molecule has 0 aliphatic rings. The molecule has 0 saturated carbocycles. The molecule has 11 heteroatoms. The predicted octanol–water partition coefficient (Wildman–Crippen LogP) is 0.453. The van der Waals surface area contributed by atoms with Gasteiger partial charge in [0, 0.05) is 12.8 Å². The second-order valence-corrected chi connectivity index (χ2v) is 9.76. The zero-order chi connectivity index (χ0) is 28.1. The normalized spacial score (nSPS) is 15.1. The molecule has 0 saturated heterocycles. The Balaban J connectivity index is 3.11. The van der Waals surface area contributed by atoms with Crippen LogP contribution in [0, 0.1) is 11.8 Å². The summed E-state index contributed by atoms with van der Waals surface area (Å²) in [7, 11) is 0. The number of rotatable bonds is 16. The van der Waals surface area contributed by atoms with Crippen molar-refractivity contribution in [3.8, 4) is 0 Å². The standard InChI is InChI=1S/C26H41N5O6/c1-5-16(4)22(28)25(35)31-20(14-17-9-7-6-8-10-17)24(34)30-19(13-15(2)3)23(33)29-18(26(36)37)11-12-21(27)32/h6-10,15-16,18-20,22H,5,11-14,28H2,1-4H3,(H2,27,32)(H,29,33)(H,30,34)(H,31,35)(H,36,37). The Morgan fingerprint density at radius 1 is 0.865 bits per heavy atom. The minimum absolute atomic E-state index is 0.0223. The molecule has 1 rings (SSSR count). The highest BCUT2D eigenvalue weighted by Crippen LogP contribution is 2.11. The summed E-state index contributed by atoms with van der Waals surface area (Å²) in [5, 5.41) is 17.2. The first-order chi connectivity index (χ1) is 17.3. The molecule has 1 aromatic rings. The molecular weight excluding hydrogens is 478 g/mol. The lowest BCUT2D eigenvalue weighted by atomic mass is 9.97. The molecule has 5 atom stereocenters. The fraction of sp³-hybridized carbons (Fsp3) is 0.577. The van der Waals surface area contributed by atoms with Crippen LogP contribution in [-0.4, -0.2) is 58.9 Å². The minimum Gasteiger partial charge on any atom is -0.480 e. The Hall–Kier alpha value is -3.47. The zero-order valence-corrected chi connectivity index (χ0v) is 22.0. The highest BCUT2D eigenvalue weighted by atomic mass is 16.4. The average molecular weight is 520 g/mol. The van der Waals surface area contributed by atoms with Gasteiger partial charge in [-0.3, -0.25) is 19.2 Å². The van der Waals surface area contributed by atoms with E-state index in [1.807, 2.05) is 58.0 Å². The van der Waals surface area contributed by atoms with Gasteiger partial charge in [0.1, 0.15) is 18.1 Å². The predicted molar refractivity (Wildman–Crippen MR) is 139 cm³/mol. The van der Waals surface area contributed by atoms with E-state index >= 15 is 0 Å². The Morgan fingerprint density at radius 2 is 1.41 bits per heavy atom. The molecule has 0 bridgehead atoms. The number of hydrogen-bond acceptors (Lipinski definition) is 6. The van der Waals surface area contributed by atoms with E-state index in [2.05, 4.69) is 16.0 Å². The van der Waals surface area contributed by atoms with Gasteiger partial charge in [-0.2, -0.15) is 0 Å². The molecule has 0 heterocycles. The number of carbonyl (C=O) groups excluding carboxylic acids is 4. The quantitative estimate of drug-likeness (QED) is 0.182. The fourth-order valence-electron chi connectivity index (χ4n) is 3.63. The van der Waals surface area contributed by atoms with E-state index in [4.69, 9.17) is 11.5 Å². The van der Waals surface area contributed by atoms with Gasteiger partial charge >= 0.3 is 5.97 Å². The summed E-state index contributed by atoms with van der Waals surface area (Å²) in [6, 6.07) is 4.83. The first-order valence-corrected chi connectivity index (χ1v) is 12.6. The second kappa shape index (κ2) is 15.6. The number of amides is 4. The van der Waals surface area contributed by atoms with Crippen molar-refractivity contribution in [1.29, 1.82) is 0 Å². The van der Waals surface area contributed by atoms with Gasteiger partial charge in [0.15, 0.2) is 0 Å². The van der Waals surface area contributed by atoms with E-state index in [-0.39, 0.29) is 37.5 Å². The van der Waals surface area contributed by atoms with Gasteiger partial charge in [0.05, 0.1) is 6.04 Å². The van der Waals surface area contributed by atoms with Gasteiger partial charge < -0.3 is 32.5 Å². The largest absolute Gasteiger partial charge is 0.480 e. The second-order valence-electron chi connectivity index (χ2n) is 9.76. The maximum atomic E-state index is 13.4. The van der Waals surface area contributed by atoms with Gasteiger partial charge in [-0.15, -0.1) is 0 Å². The average Bonchev–Trinajstić information content (AvgIpc) is 2.84. The molecule has 0 spiro atoms. The van der Waals surface area contributed by atoms with Crippen LogP contribution < -0.4 is 27.4 Å². The maximum absolute atomic E-state index is 13.4. The van der Waals surface area contributed by atoms with E-state index in [9.17, 15) is 29.1 Å². The van der Waals surface area contributed by atoms with Gasteiger partial charge in [0.2, 0.25) is 23.6 Å². The zero-order valence-electron chi connectivity index (χ0n) is 22.0. The van der Waals surface area contributed by atoms with Crippen molar-refractivity contribution in [3.05, 3.63) is 35.9 Å². The fourth-order valence-corrected chi connectivity index (χ4v) is 3.63. The smallest absolute Gasteiger partial charge is 0.326 e. The highest BCUT2D eigenvalue weighted by Gasteiger charge is 2.31. The van der Waals surface area contributed by atoms with Crippen molar-refractivity contribution in [2.45, 2.75) is 84.0 Å². The third-order valence-corrected chi connectivity index (χ3v) is 6.11. The molecule has 0 aliphatic heterocycles. The van der Waals surface area contributed by atoms with Crippen molar-refractivity contribution < 1.29 is 29.1 Å². The van der Waals surface area contributed by atoms with Crippen molar-refractivity contribution in [2.75, 3.05) is 0 Å². The molecular formula is C26H41N5O6. The molecule has 5 unspecified atom stereocenters. The summed E-state index contributed by atoms with van der Waals surface area (Å²) in [5.41, 5.74) is 12.0. The molecule has 4 amide bonds. The van der Waals surface area contributed by atoms with Gasteiger partial charge in [-0.25, -0.2) is 4.79 Å². The van der Waals surface area contributed by atoms with Crippen molar-refractivity contribution >= 4 is 29.6 Å². The van der Waals surface area contributed by atoms with E-state index in [1.165, 1.54) is 0 Å². The molecule has 0 aromatic heterocycles. The molecule has 0 fully saturated rings. The van der Waals surface area contributed by atoms with Crippen LogP contribution in [0.15, 0.2) is 30.3 Å². The van der Waals surface area contributed by atoms with Crippen LogP contribution in [0.25, 0.3) is 0 Å². The Kier molecular flexibility index (Phi) is 13.3. The van der Waals surface area contributed by atoms with Gasteiger partial charge in [0.25, 0.3) is 0 Å². The number of aliphatic carboxylic acids is 1. The summed E-state index contributed by atoms with van der Waals surface area (Å²) in [6.07, 6.45) is 0.663. The van der Waals surface area contributed by atoms with Crippen LogP contribution in [0.5, 0.6) is 0 Å². The first kappa shape index (κ1) is 31.6. The highest BCUT2D eigenvalue weighted by molar-refractivity contribution is 5.94. The number of carboxylic acid groups (broad SMARTS) is 1. The third kappa shape index (κ3) is 11.4. The molecule has 0 aliphatic carbocycles. The van der Waals surface area contributed by atoms with Crippen LogP contribution in [0.2, 0.25) is 0 Å². The van der Waals surface area contributed by atoms with Crippen LogP contribution >= 0.6 is 0 Å². The monoisotopic (exact) mass is 519 g/mol. The topological polar surface area (TPSA) is 194 Å². The number of carboxylic acids is 1. The Labute approximate surface area is 218 Å². The lowest BCUT2D eigenvalue weighted by Crippen LogP contribution is -2.58. The minimum atomic E-state index is -1.35. The third-order valence-electron chi connectivity index (χ3n) is 6.11. The summed E-state index contributed by atoms with van der Waals surface area (Å²) < 4.78 is 0. The maximum Gasteiger partial charge on any atom is 0.326 e. The first-order valence-electron chi connectivity index (χ1n) is 12.6. The van der Waals surface area contributed by atoms with Crippen molar-refractivity contribution in [1.82, 2.24) is 16.0 Å². The van der Waals surface area contributed by atoms with E-state index in [0.717, 1.165) is 5.56 Å². The van der Waals surface area contributed by atoms with Gasteiger partial charge in [-0.05, 0) is 30.2 Å². The molecule has 206 valence electrons. The lowest BCUT2D eigenvalue weighted by Gasteiger charge is -2.27. The van der Waals surface area contributed by atoms with Crippen LogP contribution in [0.4, 0.5) is 0 Å². The summed E-state index contributed by atoms with van der Waals surface area (Å²) in [6.45, 7) is 7.46.